The number of carbonyl (C=O) groups is 1. The van der Waals surface area contributed by atoms with Crippen LogP contribution in [0.1, 0.15) is 26.3 Å². The van der Waals surface area contributed by atoms with Gasteiger partial charge in [0.2, 0.25) is 0 Å². The van der Waals surface area contributed by atoms with Crippen LogP contribution in [0.5, 0.6) is 11.5 Å². The molecule has 0 bridgehead atoms. The fourth-order valence-corrected chi connectivity index (χ4v) is 3.07. The monoisotopic (exact) mass is 395 g/mol. The SMILES string of the molecule is CCN(CC)C(C)OC(=O)Cc1ccccc1Oc1ccc(Cl)cc1Cl. The van der Waals surface area contributed by atoms with E-state index >= 15 is 0 Å². The minimum absolute atomic E-state index is 0.118. The van der Waals surface area contributed by atoms with Crippen LogP contribution >= 0.6 is 23.2 Å². The Labute approximate surface area is 164 Å². The van der Waals surface area contributed by atoms with E-state index in [1.54, 1.807) is 24.3 Å². The number of para-hydroxylation sites is 1. The van der Waals surface area contributed by atoms with Gasteiger partial charge in [0.05, 0.1) is 11.4 Å². The zero-order chi connectivity index (χ0) is 19.1. The summed E-state index contributed by atoms with van der Waals surface area (Å²) in [4.78, 5) is 14.4. The molecule has 0 saturated heterocycles. The molecule has 6 heteroatoms. The van der Waals surface area contributed by atoms with E-state index in [4.69, 9.17) is 32.7 Å². The quantitative estimate of drug-likeness (QED) is 0.433. The smallest absolute Gasteiger partial charge is 0.311 e. The molecular weight excluding hydrogens is 373 g/mol. The average Bonchev–Trinajstić information content (AvgIpc) is 2.60. The molecule has 0 aliphatic heterocycles. The molecular formula is C20H23Cl2NO3. The van der Waals surface area contributed by atoms with Crippen LogP contribution in [-0.2, 0) is 16.0 Å². The zero-order valence-electron chi connectivity index (χ0n) is 15.2. The van der Waals surface area contributed by atoms with Crippen molar-refractivity contribution in [3.05, 3.63) is 58.1 Å². The average molecular weight is 396 g/mol. The number of ether oxygens (including phenoxy) is 2. The van der Waals surface area contributed by atoms with Crippen molar-refractivity contribution in [1.29, 1.82) is 0 Å². The van der Waals surface area contributed by atoms with Crippen LogP contribution in [0.3, 0.4) is 0 Å². The molecule has 2 aromatic carbocycles. The van der Waals surface area contributed by atoms with E-state index in [0.29, 0.717) is 21.5 Å². The minimum Gasteiger partial charge on any atom is -0.456 e. The second-order valence-electron chi connectivity index (χ2n) is 5.77. The number of rotatable bonds is 8. The van der Waals surface area contributed by atoms with Gasteiger partial charge >= 0.3 is 5.97 Å². The number of halogens is 2. The summed E-state index contributed by atoms with van der Waals surface area (Å²) in [5.41, 5.74) is 0.732. The van der Waals surface area contributed by atoms with Gasteiger partial charge in [0.25, 0.3) is 0 Å². The van der Waals surface area contributed by atoms with Gasteiger partial charge < -0.3 is 9.47 Å². The van der Waals surface area contributed by atoms with E-state index < -0.39 is 0 Å². The molecule has 1 unspecified atom stereocenters. The van der Waals surface area contributed by atoms with Gasteiger partial charge in [0, 0.05) is 10.6 Å². The van der Waals surface area contributed by atoms with Crippen molar-refractivity contribution in [1.82, 2.24) is 4.90 Å². The number of nitrogens with zero attached hydrogens (tertiary/aromatic N) is 1. The van der Waals surface area contributed by atoms with E-state index in [9.17, 15) is 4.79 Å². The minimum atomic E-state index is -0.303. The summed E-state index contributed by atoms with van der Waals surface area (Å²) >= 11 is 12.1. The van der Waals surface area contributed by atoms with E-state index in [-0.39, 0.29) is 18.6 Å². The van der Waals surface area contributed by atoms with Crippen molar-refractivity contribution in [2.75, 3.05) is 13.1 Å². The molecule has 4 nitrogen and oxygen atoms in total. The standard InChI is InChI=1S/C20H23Cl2NO3/c1-4-23(5-2)14(3)25-20(24)12-15-8-6-7-9-18(15)26-19-11-10-16(21)13-17(19)22/h6-11,13-14H,4-5,12H2,1-3H3. The normalized spacial score (nSPS) is 12.1. The van der Waals surface area contributed by atoms with Gasteiger partial charge in [0.1, 0.15) is 11.5 Å². The Morgan fingerprint density at radius 1 is 1.08 bits per heavy atom. The Morgan fingerprint density at radius 2 is 1.77 bits per heavy atom. The molecule has 0 heterocycles. The maximum Gasteiger partial charge on any atom is 0.311 e. The number of hydrogen-bond acceptors (Lipinski definition) is 4. The van der Waals surface area contributed by atoms with E-state index in [1.165, 1.54) is 0 Å². The molecule has 0 radical (unpaired) electrons. The summed E-state index contributed by atoms with van der Waals surface area (Å²) < 4.78 is 11.4. The molecule has 0 amide bonds. The molecule has 0 aliphatic rings. The summed E-state index contributed by atoms with van der Waals surface area (Å²) in [5.74, 6) is 0.736. The summed E-state index contributed by atoms with van der Waals surface area (Å²) in [5, 5.41) is 0.939. The Kier molecular flexibility index (Phi) is 7.76. The van der Waals surface area contributed by atoms with Gasteiger partial charge in [-0.25, -0.2) is 0 Å². The van der Waals surface area contributed by atoms with Crippen LogP contribution in [0.25, 0.3) is 0 Å². The maximum absolute atomic E-state index is 12.3. The second-order valence-corrected chi connectivity index (χ2v) is 6.62. The van der Waals surface area contributed by atoms with Crippen molar-refractivity contribution < 1.29 is 14.3 Å². The lowest BCUT2D eigenvalue weighted by atomic mass is 10.1. The summed E-state index contributed by atoms with van der Waals surface area (Å²) in [6.07, 6.45) is -0.149. The Morgan fingerprint density at radius 3 is 2.42 bits per heavy atom. The summed E-state index contributed by atoms with van der Waals surface area (Å²) in [6.45, 7) is 7.58. The lowest BCUT2D eigenvalue weighted by molar-refractivity contribution is -0.156. The zero-order valence-corrected chi connectivity index (χ0v) is 16.7. The highest BCUT2D eigenvalue weighted by atomic mass is 35.5. The first-order chi connectivity index (χ1) is 12.4. The lowest BCUT2D eigenvalue weighted by Crippen LogP contribution is -2.36. The first kappa shape index (κ1) is 20.6. The lowest BCUT2D eigenvalue weighted by Gasteiger charge is -2.26. The van der Waals surface area contributed by atoms with Gasteiger partial charge in [-0.05, 0) is 44.3 Å². The van der Waals surface area contributed by atoms with E-state index in [2.05, 4.69) is 4.90 Å². The number of esters is 1. The first-order valence-electron chi connectivity index (χ1n) is 8.58. The highest BCUT2D eigenvalue weighted by molar-refractivity contribution is 6.35. The van der Waals surface area contributed by atoms with Gasteiger partial charge in [-0.3, -0.25) is 9.69 Å². The van der Waals surface area contributed by atoms with Gasteiger partial charge in [-0.2, -0.15) is 0 Å². The third-order valence-corrected chi connectivity index (χ3v) is 4.58. The highest BCUT2D eigenvalue weighted by Crippen LogP contribution is 2.33. The van der Waals surface area contributed by atoms with Gasteiger partial charge in [-0.15, -0.1) is 0 Å². The molecule has 0 N–H and O–H groups in total. The predicted molar refractivity (Wildman–Crippen MR) is 105 cm³/mol. The maximum atomic E-state index is 12.3. The molecule has 0 aromatic heterocycles. The van der Waals surface area contributed by atoms with Gasteiger partial charge in [-0.1, -0.05) is 55.2 Å². The van der Waals surface area contributed by atoms with E-state index in [0.717, 1.165) is 18.7 Å². The van der Waals surface area contributed by atoms with Crippen LogP contribution in [0, 0.1) is 0 Å². The summed E-state index contributed by atoms with van der Waals surface area (Å²) in [6, 6.07) is 12.3. The number of hydrogen-bond donors (Lipinski definition) is 0. The van der Waals surface area contributed by atoms with E-state index in [1.807, 2.05) is 39.0 Å². The van der Waals surface area contributed by atoms with Gasteiger partial charge in [0.15, 0.2) is 6.23 Å². The van der Waals surface area contributed by atoms with Crippen LogP contribution in [-0.4, -0.2) is 30.2 Å². The van der Waals surface area contributed by atoms with Crippen molar-refractivity contribution in [2.45, 2.75) is 33.4 Å². The van der Waals surface area contributed by atoms with Crippen molar-refractivity contribution >= 4 is 29.2 Å². The molecule has 0 fully saturated rings. The highest BCUT2D eigenvalue weighted by Gasteiger charge is 2.17. The third-order valence-electron chi connectivity index (χ3n) is 4.05. The molecule has 26 heavy (non-hydrogen) atoms. The van der Waals surface area contributed by atoms with Crippen molar-refractivity contribution in [3.63, 3.8) is 0 Å². The third kappa shape index (κ3) is 5.63. The van der Waals surface area contributed by atoms with Crippen molar-refractivity contribution in [3.8, 4) is 11.5 Å². The first-order valence-corrected chi connectivity index (χ1v) is 9.34. The Bertz CT molecular complexity index is 748. The molecule has 2 rings (SSSR count). The Hall–Kier alpha value is -1.75. The number of benzene rings is 2. The van der Waals surface area contributed by atoms with Crippen molar-refractivity contribution in [2.24, 2.45) is 0 Å². The molecule has 0 spiro atoms. The van der Waals surface area contributed by atoms with Crippen LogP contribution in [0.15, 0.2) is 42.5 Å². The van der Waals surface area contributed by atoms with Crippen LogP contribution < -0.4 is 4.74 Å². The largest absolute Gasteiger partial charge is 0.456 e. The molecule has 0 aliphatic carbocycles. The fourth-order valence-electron chi connectivity index (χ4n) is 2.63. The fraction of sp³-hybridized carbons (Fsp3) is 0.350. The summed E-state index contributed by atoms with van der Waals surface area (Å²) in [7, 11) is 0. The molecule has 140 valence electrons. The second kappa shape index (κ2) is 9.81. The topological polar surface area (TPSA) is 38.8 Å². The predicted octanol–water partition coefficient (Wildman–Crippen LogP) is 5.56. The molecule has 1 atom stereocenters. The van der Waals surface area contributed by atoms with Crippen LogP contribution in [0.2, 0.25) is 10.0 Å². The molecule has 2 aromatic rings. The Balaban J connectivity index is 2.10. The number of carbonyl (C=O) groups excluding carboxylic acids is 1. The van der Waals surface area contributed by atoms with Crippen LogP contribution in [0.4, 0.5) is 0 Å². The molecule has 0 saturated carbocycles.